The first-order valence-electron chi connectivity index (χ1n) is 6.31. The summed E-state index contributed by atoms with van der Waals surface area (Å²) in [4.78, 5) is 4.44. The zero-order chi connectivity index (χ0) is 14.2. The van der Waals surface area contributed by atoms with Crippen molar-refractivity contribution in [3.63, 3.8) is 0 Å². The van der Waals surface area contributed by atoms with Crippen molar-refractivity contribution in [2.45, 2.75) is 4.90 Å². The number of nitrogens with two attached hydrogens (primary N) is 1. The van der Waals surface area contributed by atoms with Crippen LogP contribution in [0.15, 0.2) is 35.2 Å². The molecule has 0 saturated carbocycles. The van der Waals surface area contributed by atoms with Crippen LogP contribution in [0.2, 0.25) is 0 Å². The van der Waals surface area contributed by atoms with E-state index in [2.05, 4.69) is 4.98 Å². The summed E-state index contributed by atoms with van der Waals surface area (Å²) in [6, 6.07) is 8.31. The van der Waals surface area contributed by atoms with Crippen LogP contribution in [0.25, 0.3) is 10.9 Å². The molecule has 0 spiro atoms. The molecule has 20 heavy (non-hydrogen) atoms. The van der Waals surface area contributed by atoms with Crippen LogP contribution < -0.4 is 5.73 Å². The Morgan fingerprint density at radius 2 is 1.90 bits per heavy atom. The third-order valence-electron chi connectivity index (χ3n) is 3.29. The van der Waals surface area contributed by atoms with Crippen molar-refractivity contribution in [1.82, 2.24) is 9.29 Å². The Kier molecular flexibility index (Phi) is 3.33. The Morgan fingerprint density at radius 1 is 1.15 bits per heavy atom. The summed E-state index contributed by atoms with van der Waals surface area (Å²) >= 11 is 0. The minimum Gasteiger partial charge on any atom is -0.384 e. The van der Waals surface area contributed by atoms with E-state index in [1.165, 1.54) is 4.31 Å². The summed E-state index contributed by atoms with van der Waals surface area (Å²) in [7, 11) is -3.47. The lowest BCUT2D eigenvalue weighted by molar-refractivity contribution is 0.0730. The maximum atomic E-state index is 12.5. The Bertz CT molecular complexity index is 740. The first-order valence-corrected chi connectivity index (χ1v) is 7.75. The fourth-order valence-corrected chi connectivity index (χ4v) is 3.66. The highest BCUT2D eigenvalue weighted by atomic mass is 32.2. The van der Waals surface area contributed by atoms with Gasteiger partial charge in [-0.1, -0.05) is 0 Å². The van der Waals surface area contributed by atoms with Gasteiger partial charge in [0, 0.05) is 18.5 Å². The van der Waals surface area contributed by atoms with Gasteiger partial charge in [-0.3, -0.25) is 0 Å². The fraction of sp³-hybridized carbons (Fsp3) is 0.308. The molecular weight excluding hydrogens is 278 g/mol. The van der Waals surface area contributed by atoms with Crippen LogP contribution in [0.3, 0.4) is 0 Å². The maximum Gasteiger partial charge on any atom is 0.243 e. The number of fused-ring (bicyclic) bond motifs is 1. The van der Waals surface area contributed by atoms with Crippen LogP contribution >= 0.6 is 0 Å². The quantitative estimate of drug-likeness (QED) is 0.886. The SMILES string of the molecule is Nc1ccc2cc(S(=O)(=O)N3CCOCC3)ccc2n1. The average Bonchev–Trinajstić information content (AvgIpc) is 2.47. The number of nitrogens with zero attached hydrogens (tertiary/aromatic N) is 2. The average molecular weight is 293 g/mol. The minimum absolute atomic E-state index is 0.276. The molecule has 106 valence electrons. The highest BCUT2D eigenvalue weighted by molar-refractivity contribution is 7.89. The number of pyridine rings is 1. The first kappa shape index (κ1) is 13.3. The summed E-state index contributed by atoms with van der Waals surface area (Å²) in [5.41, 5.74) is 6.30. The number of ether oxygens (including phenoxy) is 1. The van der Waals surface area contributed by atoms with Gasteiger partial charge in [-0.2, -0.15) is 4.31 Å². The zero-order valence-electron chi connectivity index (χ0n) is 10.8. The third kappa shape index (κ3) is 2.35. The number of rotatable bonds is 2. The van der Waals surface area contributed by atoms with E-state index in [9.17, 15) is 8.42 Å². The highest BCUT2D eigenvalue weighted by Gasteiger charge is 2.26. The Hall–Kier alpha value is -1.70. The number of hydrogen-bond acceptors (Lipinski definition) is 5. The van der Waals surface area contributed by atoms with Crippen LogP contribution in [0.1, 0.15) is 0 Å². The summed E-state index contributed by atoms with van der Waals surface area (Å²) < 4.78 is 31.7. The van der Waals surface area contributed by atoms with Gasteiger partial charge in [0.15, 0.2) is 0 Å². The second-order valence-corrected chi connectivity index (χ2v) is 6.55. The molecule has 1 aromatic heterocycles. The van der Waals surface area contributed by atoms with E-state index < -0.39 is 10.0 Å². The third-order valence-corrected chi connectivity index (χ3v) is 5.18. The molecule has 0 atom stereocenters. The Labute approximate surface area is 117 Å². The largest absolute Gasteiger partial charge is 0.384 e. The molecule has 3 rings (SSSR count). The molecular formula is C13H15N3O3S. The van der Waals surface area contributed by atoms with Crippen molar-refractivity contribution in [3.8, 4) is 0 Å². The van der Waals surface area contributed by atoms with Gasteiger partial charge in [-0.15, -0.1) is 0 Å². The number of hydrogen-bond donors (Lipinski definition) is 1. The van der Waals surface area contributed by atoms with Crippen molar-refractivity contribution in [2.24, 2.45) is 0 Å². The lowest BCUT2D eigenvalue weighted by Gasteiger charge is -2.26. The van der Waals surface area contributed by atoms with Crippen LogP contribution in [0.5, 0.6) is 0 Å². The summed E-state index contributed by atoms with van der Waals surface area (Å²) in [6.07, 6.45) is 0. The van der Waals surface area contributed by atoms with Gasteiger partial charge in [0.25, 0.3) is 0 Å². The molecule has 0 bridgehead atoms. The van der Waals surface area contributed by atoms with Crippen molar-refractivity contribution in [2.75, 3.05) is 32.0 Å². The highest BCUT2D eigenvalue weighted by Crippen LogP contribution is 2.22. The number of morpholine rings is 1. The molecule has 2 aromatic rings. The van der Waals surface area contributed by atoms with Gasteiger partial charge >= 0.3 is 0 Å². The first-order chi connectivity index (χ1) is 9.57. The van der Waals surface area contributed by atoms with Crippen molar-refractivity contribution < 1.29 is 13.2 Å². The molecule has 7 heteroatoms. The topological polar surface area (TPSA) is 85.5 Å². The van der Waals surface area contributed by atoms with E-state index in [0.717, 1.165) is 5.39 Å². The molecule has 0 amide bonds. The Balaban J connectivity index is 2.02. The molecule has 1 fully saturated rings. The summed E-state index contributed by atoms with van der Waals surface area (Å²) in [6.45, 7) is 1.65. The van der Waals surface area contributed by atoms with Crippen molar-refractivity contribution in [1.29, 1.82) is 0 Å². The fourth-order valence-electron chi connectivity index (χ4n) is 2.22. The maximum absolute atomic E-state index is 12.5. The van der Waals surface area contributed by atoms with Crippen molar-refractivity contribution in [3.05, 3.63) is 30.3 Å². The molecule has 1 aliphatic heterocycles. The van der Waals surface area contributed by atoms with Gasteiger partial charge in [0.2, 0.25) is 10.0 Å². The van der Waals surface area contributed by atoms with Gasteiger partial charge in [0.1, 0.15) is 5.82 Å². The monoisotopic (exact) mass is 293 g/mol. The van der Waals surface area contributed by atoms with E-state index in [-0.39, 0.29) is 4.90 Å². The molecule has 0 aliphatic carbocycles. The van der Waals surface area contributed by atoms with Crippen LogP contribution in [-0.4, -0.2) is 44.0 Å². The number of nitrogen functional groups attached to an aromatic ring is 1. The molecule has 1 aromatic carbocycles. The molecule has 1 saturated heterocycles. The lowest BCUT2D eigenvalue weighted by atomic mass is 10.2. The van der Waals surface area contributed by atoms with Crippen molar-refractivity contribution >= 4 is 26.7 Å². The van der Waals surface area contributed by atoms with Crippen LogP contribution in [0.4, 0.5) is 5.82 Å². The molecule has 0 radical (unpaired) electrons. The van der Waals surface area contributed by atoms with E-state index in [1.807, 2.05) is 0 Å². The molecule has 2 N–H and O–H groups in total. The molecule has 0 unspecified atom stereocenters. The second-order valence-electron chi connectivity index (χ2n) is 4.61. The Morgan fingerprint density at radius 3 is 2.65 bits per heavy atom. The predicted octanol–water partition coefficient (Wildman–Crippen LogP) is 0.838. The zero-order valence-corrected chi connectivity index (χ0v) is 11.6. The van der Waals surface area contributed by atoms with E-state index in [0.29, 0.717) is 37.6 Å². The van der Waals surface area contributed by atoms with Gasteiger partial charge < -0.3 is 10.5 Å². The van der Waals surface area contributed by atoms with E-state index >= 15 is 0 Å². The standard InChI is InChI=1S/C13H15N3O3S/c14-13-4-1-10-9-11(2-3-12(10)15-13)20(17,18)16-5-7-19-8-6-16/h1-4,9H,5-8H2,(H2,14,15). The molecule has 6 nitrogen and oxygen atoms in total. The van der Waals surface area contributed by atoms with E-state index in [4.69, 9.17) is 10.5 Å². The number of aromatic nitrogens is 1. The van der Waals surface area contributed by atoms with Crippen LogP contribution in [-0.2, 0) is 14.8 Å². The van der Waals surface area contributed by atoms with Gasteiger partial charge in [-0.25, -0.2) is 13.4 Å². The molecule has 1 aliphatic rings. The number of sulfonamides is 1. The lowest BCUT2D eigenvalue weighted by Crippen LogP contribution is -2.40. The normalized spacial score (nSPS) is 17.4. The minimum atomic E-state index is -3.47. The van der Waals surface area contributed by atoms with Gasteiger partial charge in [0.05, 0.1) is 23.6 Å². The summed E-state index contributed by atoms with van der Waals surface area (Å²) in [5, 5.41) is 0.758. The molecule has 2 heterocycles. The van der Waals surface area contributed by atoms with Gasteiger partial charge in [-0.05, 0) is 30.3 Å². The van der Waals surface area contributed by atoms with E-state index in [1.54, 1.807) is 30.3 Å². The second kappa shape index (κ2) is 5.01. The number of benzene rings is 1. The van der Waals surface area contributed by atoms with Crippen LogP contribution in [0, 0.1) is 0 Å². The number of anilines is 1. The smallest absolute Gasteiger partial charge is 0.243 e. The predicted molar refractivity (Wildman–Crippen MR) is 75.7 cm³/mol. The summed E-state index contributed by atoms with van der Waals surface area (Å²) in [5.74, 6) is 0.418.